The first kappa shape index (κ1) is 16.5. The molecule has 0 saturated carbocycles. The van der Waals surface area contributed by atoms with E-state index in [4.69, 9.17) is 11.6 Å². The summed E-state index contributed by atoms with van der Waals surface area (Å²) in [6, 6.07) is 6.33. The third-order valence-electron chi connectivity index (χ3n) is 3.46. The summed E-state index contributed by atoms with van der Waals surface area (Å²) in [5, 5.41) is 8.61. The molecule has 0 amide bonds. The number of halogens is 2. The van der Waals surface area contributed by atoms with Crippen molar-refractivity contribution in [3.8, 4) is 0 Å². The third-order valence-corrected chi connectivity index (χ3v) is 4.38. The standard InChI is InChI=1S/C16H21BrClN3/c1-3-8-19-16(7-4-12-10-20-21(2)11-12)14-6-5-13(18)9-15(14)17/h5-6,9-11,16,19H,3-4,7-8H2,1-2H3. The normalized spacial score (nSPS) is 12.6. The summed E-state index contributed by atoms with van der Waals surface area (Å²) in [7, 11) is 1.95. The zero-order valence-corrected chi connectivity index (χ0v) is 14.8. The maximum absolute atomic E-state index is 6.04. The van der Waals surface area contributed by atoms with Crippen molar-refractivity contribution in [3.05, 3.63) is 51.2 Å². The second-order valence-electron chi connectivity index (χ2n) is 5.23. The minimum atomic E-state index is 0.316. The van der Waals surface area contributed by atoms with Crippen molar-refractivity contribution in [1.82, 2.24) is 15.1 Å². The number of hydrogen-bond acceptors (Lipinski definition) is 2. The molecule has 114 valence electrons. The van der Waals surface area contributed by atoms with Gasteiger partial charge in [0.05, 0.1) is 6.20 Å². The lowest BCUT2D eigenvalue weighted by molar-refractivity contribution is 0.498. The van der Waals surface area contributed by atoms with Crippen LogP contribution < -0.4 is 5.32 Å². The summed E-state index contributed by atoms with van der Waals surface area (Å²) in [6.07, 6.45) is 7.17. The van der Waals surface area contributed by atoms with Gasteiger partial charge in [0, 0.05) is 28.8 Å². The summed E-state index contributed by atoms with van der Waals surface area (Å²) in [5.74, 6) is 0. The second kappa shape index (κ2) is 7.97. The van der Waals surface area contributed by atoms with Crippen LogP contribution in [0.1, 0.15) is 36.9 Å². The average Bonchev–Trinajstić information content (AvgIpc) is 2.86. The molecule has 0 saturated heterocycles. The van der Waals surface area contributed by atoms with Gasteiger partial charge in [-0.15, -0.1) is 0 Å². The Morgan fingerprint density at radius 1 is 1.43 bits per heavy atom. The van der Waals surface area contributed by atoms with E-state index in [1.54, 1.807) is 0 Å². The van der Waals surface area contributed by atoms with Gasteiger partial charge in [-0.1, -0.05) is 40.5 Å². The van der Waals surface area contributed by atoms with E-state index >= 15 is 0 Å². The number of aryl methyl sites for hydroxylation is 2. The van der Waals surface area contributed by atoms with Gasteiger partial charge in [-0.25, -0.2) is 0 Å². The number of benzene rings is 1. The van der Waals surface area contributed by atoms with Gasteiger partial charge in [-0.2, -0.15) is 5.10 Å². The molecule has 21 heavy (non-hydrogen) atoms. The molecule has 0 aliphatic rings. The van der Waals surface area contributed by atoms with E-state index in [2.05, 4.69) is 45.5 Å². The van der Waals surface area contributed by atoms with Crippen LogP contribution in [0.2, 0.25) is 5.02 Å². The highest BCUT2D eigenvalue weighted by atomic mass is 79.9. The fraction of sp³-hybridized carbons (Fsp3) is 0.438. The molecular formula is C16H21BrClN3. The van der Waals surface area contributed by atoms with Gasteiger partial charge in [0.2, 0.25) is 0 Å². The fourth-order valence-corrected chi connectivity index (χ4v) is 3.34. The SMILES string of the molecule is CCCNC(CCc1cnn(C)c1)c1ccc(Cl)cc1Br. The van der Waals surface area contributed by atoms with Gasteiger partial charge < -0.3 is 5.32 Å². The van der Waals surface area contributed by atoms with Gasteiger partial charge in [0.15, 0.2) is 0 Å². The van der Waals surface area contributed by atoms with Gasteiger partial charge in [-0.05, 0) is 49.1 Å². The predicted molar refractivity (Wildman–Crippen MR) is 91.7 cm³/mol. The minimum absolute atomic E-state index is 0.316. The Balaban J connectivity index is 2.09. The van der Waals surface area contributed by atoms with Crippen molar-refractivity contribution in [1.29, 1.82) is 0 Å². The lowest BCUT2D eigenvalue weighted by atomic mass is 10.00. The molecule has 0 aliphatic carbocycles. The van der Waals surface area contributed by atoms with E-state index in [9.17, 15) is 0 Å². The van der Waals surface area contributed by atoms with Crippen LogP contribution >= 0.6 is 27.5 Å². The number of hydrogen-bond donors (Lipinski definition) is 1. The molecule has 1 aromatic heterocycles. The van der Waals surface area contributed by atoms with E-state index in [1.165, 1.54) is 11.1 Å². The van der Waals surface area contributed by atoms with E-state index in [0.29, 0.717) is 6.04 Å². The number of nitrogens with zero attached hydrogens (tertiary/aromatic N) is 2. The Morgan fingerprint density at radius 3 is 2.86 bits per heavy atom. The first-order valence-corrected chi connectivity index (χ1v) is 8.43. The van der Waals surface area contributed by atoms with Crippen molar-refractivity contribution < 1.29 is 0 Å². The summed E-state index contributed by atoms with van der Waals surface area (Å²) in [6.45, 7) is 3.19. The fourth-order valence-electron chi connectivity index (χ4n) is 2.38. The molecule has 3 nitrogen and oxygen atoms in total. The Bertz CT molecular complexity index is 583. The summed E-state index contributed by atoms with van der Waals surface area (Å²) in [4.78, 5) is 0. The lowest BCUT2D eigenvalue weighted by Gasteiger charge is -2.20. The van der Waals surface area contributed by atoms with Crippen LogP contribution in [0.4, 0.5) is 0 Å². The first-order valence-electron chi connectivity index (χ1n) is 7.26. The molecule has 0 fully saturated rings. The van der Waals surface area contributed by atoms with Crippen molar-refractivity contribution in [2.45, 2.75) is 32.2 Å². The molecule has 0 spiro atoms. The average molecular weight is 371 g/mol. The van der Waals surface area contributed by atoms with Crippen LogP contribution in [-0.4, -0.2) is 16.3 Å². The van der Waals surface area contributed by atoms with E-state index < -0.39 is 0 Å². The minimum Gasteiger partial charge on any atom is -0.310 e. The molecule has 1 N–H and O–H groups in total. The van der Waals surface area contributed by atoms with Crippen LogP contribution in [0.25, 0.3) is 0 Å². The molecule has 1 aromatic carbocycles. The summed E-state index contributed by atoms with van der Waals surface area (Å²) >= 11 is 9.67. The Morgan fingerprint density at radius 2 is 2.24 bits per heavy atom. The summed E-state index contributed by atoms with van der Waals surface area (Å²) in [5.41, 5.74) is 2.53. The largest absolute Gasteiger partial charge is 0.310 e. The first-order chi connectivity index (χ1) is 10.1. The number of rotatable bonds is 7. The molecule has 1 atom stereocenters. The molecule has 1 unspecified atom stereocenters. The molecule has 2 aromatic rings. The van der Waals surface area contributed by atoms with Gasteiger partial charge >= 0.3 is 0 Å². The van der Waals surface area contributed by atoms with Crippen LogP contribution in [0, 0.1) is 0 Å². The van der Waals surface area contributed by atoms with Gasteiger partial charge in [-0.3, -0.25) is 4.68 Å². The molecule has 2 rings (SSSR count). The predicted octanol–water partition coefficient (Wildman–Crippen LogP) is 4.51. The highest BCUT2D eigenvalue weighted by molar-refractivity contribution is 9.10. The van der Waals surface area contributed by atoms with E-state index in [-0.39, 0.29) is 0 Å². The molecule has 0 bridgehead atoms. The molecule has 5 heteroatoms. The van der Waals surface area contributed by atoms with Crippen LogP contribution in [-0.2, 0) is 13.5 Å². The zero-order valence-electron chi connectivity index (χ0n) is 12.4. The number of aromatic nitrogens is 2. The highest BCUT2D eigenvalue weighted by Gasteiger charge is 2.14. The van der Waals surface area contributed by atoms with Crippen molar-refractivity contribution in [3.63, 3.8) is 0 Å². The topological polar surface area (TPSA) is 29.9 Å². The quantitative estimate of drug-likeness (QED) is 0.777. The van der Waals surface area contributed by atoms with E-state index in [0.717, 1.165) is 35.3 Å². The van der Waals surface area contributed by atoms with Crippen molar-refractivity contribution >= 4 is 27.5 Å². The van der Waals surface area contributed by atoms with Crippen LogP contribution in [0.15, 0.2) is 35.1 Å². The monoisotopic (exact) mass is 369 g/mol. The van der Waals surface area contributed by atoms with Gasteiger partial charge in [0.25, 0.3) is 0 Å². The van der Waals surface area contributed by atoms with Gasteiger partial charge in [0.1, 0.15) is 0 Å². The highest BCUT2D eigenvalue weighted by Crippen LogP contribution is 2.29. The smallest absolute Gasteiger partial charge is 0.0521 e. The molecule has 1 heterocycles. The van der Waals surface area contributed by atoms with Crippen molar-refractivity contribution in [2.24, 2.45) is 7.05 Å². The Hall–Kier alpha value is -0.840. The molecule has 0 aliphatic heterocycles. The maximum atomic E-state index is 6.04. The van der Waals surface area contributed by atoms with Crippen LogP contribution in [0.3, 0.4) is 0 Å². The zero-order chi connectivity index (χ0) is 15.2. The molecular weight excluding hydrogens is 350 g/mol. The van der Waals surface area contributed by atoms with E-state index in [1.807, 2.05) is 30.1 Å². The van der Waals surface area contributed by atoms with Crippen LogP contribution in [0.5, 0.6) is 0 Å². The Kier molecular flexibility index (Phi) is 6.27. The maximum Gasteiger partial charge on any atom is 0.0521 e. The number of nitrogens with one attached hydrogen (secondary N) is 1. The molecule has 0 radical (unpaired) electrons. The van der Waals surface area contributed by atoms with Crippen molar-refractivity contribution in [2.75, 3.05) is 6.54 Å². The lowest BCUT2D eigenvalue weighted by Crippen LogP contribution is -2.23. The third kappa shape index (κ3) is 4.83. The second-order valence-corrected chi connectivity index (χ2v) is 6.52. The summed E-state index contributed by atoms with van der Waals surface area (Å²) < 4.78 is 2.91. The Labute approximate surface area is 139 Å².